The third-order valence-electron chi connectivity index (χ3n) is 2.22. The second-order valence-electron chi connectivity index (χ2n) is 3.74. The minimum absolute atomic E-state index is 0.601. The lowest BCUT2D eigenvalue weighted by Gasteiger charge is -2.10. The van der Waals surface area contributed by atoms with Crippen LogP contribution in [-0.4, -0.2) is 19.0 Å². The van der Waals surface area contributed by atoms with Crippen LogP contribution in [0.25, 0.3) is 0 Å². The smallest absolute Gasteiger partial charge is 0.147 e. The third-order valence-corrected chi connectivity index (χ3v) is 2.22. The van der Waals surface area contributed by atoms with Crippen LogP contribution in [-0.2, 0) is 0 Å². The van der Waals surface area contributed by atoms with Crippen molar-refractivity contribution in [3.63, 3.8) is 0 Å². The van der Waals surface area contributed by atoms with Crippen molar-refractivity contribution in [3.05, 3.63) is 54.6 Å². The van der Waals surface area contributed by atoms with Crippen LogP contribution in [0.5, 0.6) is 0 Å². The third kappa shape index (κ3) is 4.61. The zero-order chi connectivity index (χ0) is 12.7. The highest BCUT2D eigenvalue weighted by Gasteiger charge is 1.96. The van der Waals surface area contributed by atoms with Crippen LogP contribution >= 0.6 is 0 Å². The molecule has 0 atom stereocenters. The highest BCUT2D eigenvalue weighted by molar-refractivity contribution is 5.37. The van der Waals surface area contributed by atoms with Gasteiger partial charge >= 0.3 is 0 Å². The molecule has 0 amide bonds. The molecule has 0 spiro atoms. The quantitative estimate of drug-likeness (QED) is 0.775. The Balaban J connectivity index is 2.61. The molecule has 0 saturated heterocycles. The number of nitrogens with zero attached hydrogens (tertiary/aromatic N) is 3. The van der Waals surface area contributed by atoms with Crippen molar-refractivity contribution in [2.24, 2.45) is 10.2 Å². The van der Waals surface area contributed by atoms with Crippen molar-refractivity contribution in [2.45, 2.75) is 6.92 Å². The maximum Gasteiger partial charge on any atom is 0.147 e. The maximum atomic E-state index is 4.12. The number of rotatable bonds is 5. The van der Waals surface area contributed by atoms with E-state index in [2.05, 4.69) is 16.8 Å². The van der Waals surface area contributed by atoms with E-state index in [1.807, 2.05) is 67.9 Å². The normalized spacial score (nSPS) is 11.2. The molecule has 0 saturated carbocycles. The molecule has 4 nitrogen and oxygen atoms in total. The predicted molar refractivity (Wildman–Crippen MR) is 69.6 cm³/mol. The molecule has 0 unspecified atom stereocenters. The van der Waals surface area contributed by atoms with Crippen molar-refractivity contribution in [1.29, 1.82) is 0 Å². The summed E-state index contributed by atoms with van der Waals surface area (Å²) in [4.78, 5) is 1.82. The zero-order valence-corrected chi connectivity index (χ0v) is 10.6. The summed E-state index contributed by atoms with van der Waals surface area (Å²) in [5.74, 6) is 0.601. The Morgan fingerprint density at radius 3 is 2.59 bits per heavy atom. The second-order valence-corrected chi connectivity index (χ2v) is 3.74. The largest absolute Gasteiger partial charge is 0.330 e. The van der Waals surface area contributed by atoms with Crippen LogP contribution in [0.4, 0.5) is 5.69 Å². The summed E-state index contributed by atoms with van der Waals surface area (Å²) in [5, 5.41) is 10.1. The zero-order valence-electron chi connectivity index (χ0n) is 10.6. The summed E-state index contributed by atoms with van der Waals surface area (Å²) in [5.41, 5.74) is 2.04. The first-order valence-electron chi connectivity index (χ1n) is 5.50. The van der Waals surface area contributed by atoms with Gasteiger partial charge in [-0.3, -0.25) is 0 Å². The average Bonchev–Trinajstić information content (AvgIpc) is 2.34. The second kappa shape index (κ2) is 6.60. The Labute approximate surface area is 102 Å². The van der Waals surface area contributed by atoms with E-state index < -0.39 is 0 Å². The summed E-state index contributed by atoms with van der Waals surface area (Å²) < 4.78 is 0. The molecule has 0 fully saturated rings. The molecule has 17 heavy (non-hydrogen) atoms. The number of hydrogen-bond donors (Lipinski definition) is 1. The molecule has 1 aromatic carbocycles. The minimum atomic E-state index is 0.601. The van der Waals surface area contributed by atoms with Crippen LogP contribution < -0.4 is 5.32 Å². The van der Waals surface area contributed by atoms with Gasteiger partial charge in [0.1, 0.15) is 12.0 Å². The van der Waals surface area contributed by atoms with Gasteiger partial charge in [-0.2, -0.15) is 0 Å². The lowest BCUT2D eigenvalue weighted by molar-refractivity contribution is -0.557. The molecular weight excluding hydrogens is 212 g/mol. The van der Waals surface area contributed by atoms with Gasteiger partial charge in [0.25, 0.3) is 0 Å². The van der Waals surface area contributed by atoms with Crippen LogP contribution in [0.1, 0.15) is 5.56 Å². The Morgan fingerprint density at radius 1 is 1.35 bits per heavy atom. The standard InChI is InChI=1S/C13H18N4/c1-11-5-7-13(8-6-11)16-15-12(2)17(4)10-9-14-3/h5-10,14H,2H2,1,3-4H3/p+1/b10-9-,16-15?. The Morgan fingerprint density at radius 2 is 2.00 bits per heavy atom. The fraction of sp³-hybridized carbons (Fsp3) is 0.231. The number of azo groups is 1. The van der Waals surface area contributed by atoms with Crippen LogP contribution in [0.15, 0.2) is 59.3 Å². The van der Waals surface area contributed by atoms with Gasteiger partial charge in [0.2, 0.25) is 0 Å². The van der Waals surface area contributed by atoms with Crippen LogP contribution in [0, 0.1) is 6.92 Å². The Hall–Kier alpha value is -1.94. The predicted octanol–water partition coefficient (Wildman–Crippen LogP) is 2.15. The monoisotopic (exact) mass is 231 g/mol. The molecule has 0 aliphatic heterocycles. The van der Waals surface area contributed by atoms with Crippen molar-refractivity contribution < 1.29 is 5.32 Å². The van der Waals surface area contributed by atoms with Crippen molar-refractivity contribution in [2.75, 3.05) is 14.1 Å². The first kappa shape index (κ1) is 13.1. The molecule has 0 heterocycles. The van der Waals surface area contributed by atoms with E-state index in [-0.39, 0.29) is 0 Å². The van der Waals surface area contributed by atoms with Crippen molar-refractivity contribution >= 4 is 5.69 Å². The highest BCUT2D eigenvalue weighted by Crippen LogP contribution is 2.14. The average molecular weight is 231 g/mol. The maximum absolute atomic E-state index is 4.12. The molecule has 1 rings (SSSR count). The number of nitrogens with two attached hydrogens (primary N) is 1. The van der Waals surface area contributed by atoms with E-state index in [4.69, 9.17) is 0 Å². The molecule has 4 heteroatoms. The summed E-state index contributed by atoms with van der Waals surface area (Å²) in [6.07, 6.45) is 3.81. The highest BCUT2D eigenvalue weighted by atomic mass is 15.3. The Bertz CT molecular complexity index is 418. The molecule has 0 radical (unpaired) electrons. The lowest BCUT2D eigenvalue weighted by atomic mass is 10.2. The topological polar surface area (TPSA) is 44.6 Å². The molecule has 0 aliphatic rings. The fourth-order valence-corrected chi connectivity index (χ4v) is 1.10. The molecule has 0 aliphatic carbocycles. The molecule has 2 N–H and O–H groups in total. The van der Waals surface area contributed by atoms with Gasteiger partial charge in [-0.15, -0.1) is 10.2 Å². The summed E-state index contributed by atoms with van der Waals surface area (Å²) in [6, 6.07) is 7.88. The van der Waals surface area contributed by atoms with E-state index in [1.54, 1.807) is 0 Å². The van der Waals surface area contributed by atoms with Gasteiger partial charge < -0.3 is 10.2 Å². The molecular formula is C13H19N4+. The van der Waals surface area contributed by atoms with Gasteiger partial charge in [-0.1, -0.05) is 24.3 Å². The van der Waals surface area contributed by atoms with Gasteiger partial charge in [-0.05, 0) is 19.1 Å². The van der Waals surface area contributed by atoms with Crippen molar-refractivity contribution in [3.8, 4) is 0 Å². The first-order valence-corrected chi connectivity index (χ1v) is 5.50. The lowest BCUT2D eigenvalue weighted by Crippen LogP contribution is -2.72. The van der Waals surface area contributed by atoms with E-state index in [9.17, 15) is 0 Å². The number of aryl methyl sites for hydroxylation is 1. The number of benzene rings is 1. The van der Waals surface area contributed by atoms with E-state index in [0.29, 0.717) is 5.82 Å². The van der Waals surface area contributed by atoms with Crippen molar-refractivity contribution in [1.82, 2.24) is 4.90 Å². The minimum Gasteiger partial charge on any atom is -0.330 e. The fourth-order valence-electron chi connectivity index (χ4n) is 1.10. The van der Waals surface area contributed by atoms with Gasteiger partial charge in [0.15, 0.2) is 0 Å². The van der Waals surface area contributed by atoms with E-state index in [1.165, 1.54) is 5.56 Å². The van der Waals surface area contributed by atoms with Gasteiger partial charge in [-0.25, -0.2) is 0 Å². The molecule has 0 aromatic heterocycles. The van der Waals surface area contributed by atoms with Crippen LogP contribution in [0.2, 0.25) is 0 Å². The van der Waals surface area contributed by atoms with E-state index in [0.717, 1.165) is 5.69 Å². The molecule has 0 bridgehead atoms. The molecule has 1 aromatic rings. The number of hydrogen-bond acceptors (Lipinski definition) is 3. The SMILES string of the molecule is C=C(N=Nc1ccc(C)cc1)N(C)/C=C\[NH2+]C. The number of quaternary nitrogens is 1. The summed E-state index contributed by atoms with van der Waals surface area (Å²) in [6.45, 7) is 5.88. The van der Waals surface area contributed by atoms with Crippen LogP contribution in [0.3, 0.4) is 0 Å². The summed E-state index contributed by atoms with van der Waals surface area (Å²) >= 11 is 0. The first-order chi connectivity index (χ1) is 8.13. The summed E-state index contributed by atoms with van der Waals surface area (Å²) in [7, 11) is 3.84. The molecule has 90 valence electrons. The van der Waals surface area contributed by atoms with E-state index >= 15 is 0 Å². The van der Waals surface area contributed by atoms with Gasteiger partial charge in [0, 0.05) is 7.05 Å². The Kier molecular flexibility index (Phi) is 5.10. The van der Waals surface area contributed by atoms with Gasteiger partial charge in [0.05, 0.1) is 18.9 Å².